The Hall–Kier alpha value is -4.46. The van der Waals surface area contributed by atoms with Crippen LogP contribution in [0.2, 0.25) is 0 Å². The first-order valence-electron chi connectivity index (χ1n) is 10.2. The normalized spacial score (nSPS) is 17.2. The molecule has 1 atom stereocenters. The molecular formula is C25H20N2O6. The Bertz CT molecular complexity index is 1250. The minimum Gasteiger partial charge on any atom is -0.508 e. The Balaban J connectivity index is 1.86. The summed E-state index contributed by atoms with van der Waals surface area (Å²) in [7, 11) is 0. The van der Waals surface area contributed by atoms with Crippen LogP contribution in [0.5, 0.6) is 5.75 Å². The van der Waals surface area contributed by atoms with Gasteiger partial charge in [-0.2, -0.15) is 0 Å². The molecule has 1 aliphatic heterocycles. The highest BCUT2D eigenvalue weighted by Gasteiger charge is 2.47. The summed E-state index contributed by atoms with van der Waals surface area (Å²) in [4.78, 5) is 43.3. The number of Topliss-reactive ketones (excluding diaryl/α,β-unsaturated/α-hetero) is 1. The van der Waals surface area contributed by atoms with E-state index in [1.807, 2.05) is 0 Å². The monoisotopic (exact) mass is 444 g/mol. The summed E-state index contributed by atoms with van der Waals surface area (Å²) in [6.45, 7) is 1.92. The number of carbonyl (C=O) groups excluding carboxylic acids is 3. The predicted octanol–water partition coefficient (Wildman–Crippen LogP) is 3.59. The number of nitrogens with zero attached hydrogens (tertiary/aromatic N) is 2. The van der Waals surface area contributed by atoms with E-state index in [1.54, 1.807) is 19.1 Å². The van der Waals surface area contributed by atoms with Crippen molar-refractivity contribution in [3.63, 3.8) is 0 Å². The standard InChI is InChI=1S/C25H20N2O6/c1-2-33-25(32)16-6-8-18(9-7-16)27-21(17-4-3-5-19(28)14-17)20(23(30)24(27)31)22(29)15-10-12-26-13-11-15/h3-14,21,28-29H,2H2,1H3/b22-20+. The number of anilines is 1. The zero-order valence-corrected chi connectivity index (χ0v) is 17.6. The molecule has 1 aromatic heterocycles. The fourth-order valence-electron chi connectivity index (χ4n) is 3.75. The predicted molar refractivity (Wildman–Crippen MR) is 120 cm³/mol. The highest BCUT2D eigenvalue weighted by atomic mass is 16.5. The number of benzene rings is 2. The maximum atomic E-state index is 13.1. The van der Waals surface area contributed by atoms with Gasteiger partial charge >= 0.3 is 5.97 Å². The molecule has 0 bridgehead atoms. The van der Waals surface area contributed by atoms with Crippen molar-refractivity contribution in [3.05, 3.63) is 95.3 Å². The third kappa shape index (κ3) is 4.06. The van der Waals surface area contributed by atoms with Gasteiger partial charge in [-0.05, 0) is 61.0 Å². The van der Waals surface area contributed by atoms with Gasteiger partial charge in [0.15, 0.2) is 0 Å². The van der Waals surface area contributed by atoms with Gasteiger partial charge in [-0.25, -0.2) is 4.79 Å². The highest BCUT2D eigenvalue weighted by molar-refractivity contribution is 6.51. The molecule has 33 heavy (non-hydrogen) atoms. The second-order valence-electron chi connectivity index (χ2n) is 7.27. The van der Waals surface area contributed by atoms with Crippen molar-refractivity contribution in [2.75, 3.05) is 11.5 Å². The average Bonchev–Trinajstić information content (AvgIpc) is 3.10. The SMILES string of the molecule is CCOC(=O)c1ccc(N2C(=O)C(=O)/C(=C(/O)c3ccncc3)C2c2cccc(O)c2)cc1. The molecule has 3 aromatic rings. The summed E-state index contributed by atoms with van der Waals surface area (Å²) in [5.74, 6) is -2.63. The van der Waals surface area contributed by atoms with Gasteiger partial charge < -0.3 is 14.9 Å². The molecule has 0 radical (unpaired) electrons. The van der Waals surface area contributed by atoms with Crippen molar-refractivity contribution >= 4 is 29.1 Å². The van der Waals surface area contributed by atoms with E-state index in [0.29, 0.717) is 22.4 Å². The molecule has 8 nitrogen and oxygen atoms in total. The number of rotatable bonds is 5. The maximum absolute atomic E-state index is 13.1. The lowest BCUT2D eigenvalue weighted by atomic mass is 9.95. The van der Waals surface area contributed by atoms with Crippen LogP contribution in [0.3, 0.4) is 0 Å². The van der Waals surface area contributed by atoms with Gasteiger partial charge in [0.05, 0.1) is 23.8 Å². The average molecular weight is 444 g/mol. The van der Waals surface area contributed by atoms with Crippen molar-refractivity contribution in [1.82, 2.24) is 4.98 Å². The van der Waals surface area contributed by atoms with Crippen LogP contribution >= 0.6 is 0 Å². The number of amides is 1. The Morgan fingerprint density at radius 1 is 1.03 bits per heavy atom. The molecule has 1 saturated heterocycles. The maximum Gasteiger partial charge on any atom is 0.338 e. The Morgan fingerprint density at radius 2 is 1.73 bits per heavy atom. The molecule has 0 aliphatic carbocycles. The molecule has 0 saturated carbocycles. The van der Waals surface area contributed by atoms with Crippen LogP contribution in [0.25, 0.3) is 5.76 Å². The number of ketones is 1. The van der Waals surface area contributed by atoms with E-state index in [9.17, 15) is 24.6 Å². The van der Waals surface area contributed by atoms with Gasteiger partial charge in [0.1, 0.15) is 11.5 Å². The van der Waals surface area contributed by atoms with Crippen molar-refractivity contribution in [2.24, 2.45) is 0 Å². The van der Waals surface area contributed by atoms with E-state index >= 15 is 0 Å². The third-order valence-corrected chi connectivity index (χ3v) is 5.24. The number of aromatic hydroxyl groups is 1. The Labute approximate surface area is 189 Å². The van der Waals surface area contributed by atoms with Crippen molar-refractivity contribution in [3.8, 4) is 5.75 Å². The van der Waals surface area contributed by atoms with E-state index in [-0.39, 0.29) is 23.7 Å². The second-order valence-corrected chi connectivity index (χ2v) is 7.27. The van der Waals surface area contributed by atoms with E-state index in [4.69, 9.17) is 4.74 Å². The molecule has 2 aromatic carbocycles. The number of carbonyl (C=O) groups is 3. The zero-order valence-electron chi connectivity index (χ0n) is 17.6. The first kappa shape index (κ1) is 21.8. The zero-order chi connectivity index (χ0) is 23.5. The van der Waals surface area contributed by atoms with Crippen LogP contribution in [-0.2, 0) is 14.3 Å². The van der Waals surface area contributed by atoms with E-state index < -0.39 is 23.7 Å². The van der Waals surface area contributed by atoms with Crippen LogP contribution in [0.4, 0.5) is 5.69 Å². The van der Waals surface area contributed by atoms with E-state index in [0.717, 1.165) is 0 Å². The van der Waals surface area contributed by atoms with Gasteiger partial charge in [0.2, 0.25) is 0 Å². The minimum absolute atomic E-state index is 0.0559. The molecule has 2 heterocycles. The lowest BCUT2D eigenvalue weighted by Gasteiger charge is -2.25. The molecule has 1 amide bonds. The number of aromatic nitrogens is 1. The van der Waals surface area contributed by atoms with Gasteiger partial charge in [-0.1, -0.05) is 12.1 Å². The third-order valence-electron chi connectivity index (χ3n) is 5.24. The minimum atomic E-state index is -1.00. The molecule has 1 unspecified atom stereocenters. The fraction of sp³-hybridized carbons (Fsp3) is 0.120. The molecular weight excluding hydrogens is 424 g/mol. The molecule has 1 fully saturated rings. The number of phenols is 1. The molecule has 2 N–H and O–H groups in total. The number of pyridine rings is 1. The quantitative estimate of drug-likeness (QED) is 0.267. The summed E-state index contributed by atoms with van der Waals surface area (Å²) in [5, 5.41) is 21.0. The summed E-state index contributed by atoms with van der Waals surface area (Å²) in [6, 6.07) is 14.2. The number of esters is 1. The van der Waals surface area contributed by atoms with Crippen molar-refractivity contribution < 1.29 is 29.3 Å². The van der Waals surface area contributed by atoms with Crippen LogP contribution in [0.1, 0.15) is 34.5 Å². The Morgan fingerprint density at radius 3 is 2.36 bits per heavy atom. The van der Waals surface area contributed by atoms with Gasteiger partial charge in [-0.15, -0.1) is 0 Å². The molecule has 0 spiro atoms. The smallest absolute Gasteiger partial charge is 0.338 e. The van der Waals surface area contributed by atoms with Crippen LogP contribution in [0, 0.1) is 0 Å². The lowest BCUT2D eigenvalue weighted by Crippen LogP contribution is -2.29. The van der Waals surface area contributed by atoms with Crippen molar-refractivity contribution in [2.45, 2.75) is 13.0 Å². The topological polar surface area (TPSA) is 117 Å². The largest absolute Gasteiger partial charge is 0.508 e. The Kier molecular flexibility index (Phi) is 5.91. The van der Waals surface area contributed by atoms with Crippen LogP contribution in [-0.4, -0.2) is 39.5 Å². The van der Waals surface area contributed by atoms with Crippen molar-refractivity contribution in [1.29, 1.82) is 0 Å². The lowest BCUT2D eigenvalue weighted by molar-refractivity contribution is -0.132. The fourth-order valence-corrected chi connectivity index (χ4v) is 3.75. The van der Waals surface area contributed by atoms with Crippen LogP contribution < -0.4 is 4.90 Å². The number of phenolic OH excluding ortho intramolecular Hbond substituents is 1. The first-order chi connectivity index (χ1) is 15.9. The summed E-state index contributed by atoms with van der Waals surface area (Å²) in [6.07, 6.45) is 2.92. The van der Waals surface area contributed by atoms with Gasteiger partial charge in [-0.3, -0.25) is 19.5 Å². The second kappa shape index (κ2) is 8.96. The van der Waals surface area contributed by atoms with Gasteiger partial charge in [0.25, 0.3) is 11.7 Å². The number of aliphatic hydroxyl groups excluding tert-OH is 1. The summed E-state index contributed by atoms with van der Waals surface area (Å²) in [5.41, 5.74) is 1.27. The van der Waals surface area contributed by atoms with E-state index in [2.05, 4.69) is 4.98 Å². The van der Waals surface area contributed by atoms with Crippen LogP contribution in [0.15, 0.2) is 78.6 Å². The number of hydrogen-bond acceptors (Lipinski definition) is 7. The number of aliphatic hydroxyl groups is 1. The van der Waals surface area contributed by atoms with Gasteiger partial charge in [0, 0.05) is 23.6 Å². The summed E-state index contributed by atoms with van der Waals surface area (Å²) < 4.78 is 4.99. The number of ether oxygens (including phenoxy) is 1. The molecule has 8 heteroatoms. The highest BCUT2D eigenvalue weighted by Crippen LogP contribution is 2.42. The summed E-state index contributed by atoms with van der Waals surface area (Å²) >= 11 is 0. The first-order valence-corrected chi connectivity index (χ1v) is 10.2. The molecule has 1 aliphatic rings. The van der Waals surface area contributed by atoms with E-state index in [1.165, 1.54) is 65.8 Å². The molecule has 166 valence electrons. The molecule has 4 rings (SSSR count). The number of hydrogen-bond donors (Lipinski definition) is 2.